The summed E-state index contributed by atoms with van der Waals surface area (Å²) in [6, 6.07) is 1.70. The van der Waals surface area contributed by atoms with Gasteiger partial charge < -0.3 is 5.11 Å². The van der Waals surface area contributed by atoms with Crippen LogP contribution in [0.4, 0.5) is 0 Å². The number of Topliss-reactive ketones (excluding diaryl/α,β-unsaturated/α-hetero) is 1. The van der Waals surface area contributed by atoms with Crippen molar-refractivity contribution in [3.8, 4) is 0 Å². The molecule has 1 aromatic rings. The van der Waals surface area contributed by atoms with Crippen molar-refractivity contribution in [3.05, 3.63) is 18.0 Å². The highest BCUT2D eigenvalue weighted by Gasteiger charge is 2.40. The summed E-state index contributed by atoms with van der Waals surface area (Å²) in [6.45, 7) is 2.77. The Morgan fingerprint density at radius 2 is 2.25 bits per heavy atom. The van der Waals surface area contributed by atoms with Crippen LogP contribution in [0.2, 0.25) is 0 Å². The predicted molar refractivity (Wildman–Crippen MR) is 60.3 cm³/mol. The maximum Gasteiger partial charge on any atom is 0.212 e. The Bertz CT molecular complexity index is 378. The molecule has 0 atom stereocenters. The Labute approximate surface area is 95.3 Å². The Hall–Kier alpha value is -1.16. The summed E-state index contributed by atoms with van der Waals surface area (Å²) in [6.07, 6.45) is 5.60. The van der Waals surface area contributed by atoms with Gasteiger partial charge in [0.15, 0.2) is 0 Å². The van der Waals surface area contributed by atoms with Crippen molar-refractivity contribution in [2.45, 2.75) is 51.2 Å². The van der Waals surface area contributed by atoms with Crippen LogP contribution in [0, 0.1) is 0 Å². The number of rotatable bonds is 4. The lowest BCUT2D eigenvalue weighted by molar-refractivity contribution is 0.0342. The van der Waals surface area contributed by atoms with Crippen molar-refractivity contribution in [2.24, 2.45) is 0 Å². The molecule has 1 heterocycles. The minimum Gasteiger partial charge on any atom is -0.382 e. The molecule has 88 valence electrons. The molecule has 1 fully saturated rings. The standard InChI is InChI=1S/C12H18N2O2/c1-2-9-14-10(5-8-13-14)11(15)12(16)6-3-4-7-12/h5,8,16H,2-4,6-7,9H2,1H3. The third kappa shape index (κ3) is 1.89. The Morgan fingerprint density at radius 1 is 1.56 bits per heavy atom. The Balaban J connectivity index is 2.23. The number of aryl methyl sites for hydroxylation is 1. The van der Waals surface area contributed by atoms with Crippen LogP contribution in [0.5, 0.6) is 0 Å². The lowest BCUT2D eigenvalue weighted by Crippen LogP contribution is -2.36. The number of hydrogen-bond acceptors (Lipinski definition) is 3. The van der Waals surface area contributed by atoms with E-state index in [-0.39, 0.29) is 5.78 Å². The minimum atomic E-state index is -1.13. The molecule has 0 saturated heterocycles. The number of hydrogen-bond donors (Lipinski definition) is 1. The number of carbonyl (C=O) groups is 1. The molecule has 16 heavy (non-hydrogen) atoms. The van der Waals surface area contributed by atoms with Gasteiger partial charge in [0.2, 0.25) is 5.78 Å². The average Bonchev–Trinajstić information content (AvgIpc) is 2.88. The van der Waals surface area contributed by atoms with Crippen LogP contribution < -0.4 is 0 Å². The van der Waals surface area contributed by atoms with Crippen LogP contribution in [-0.4, -0.2) is 26.3 Å². The lowest BCUT2D eigenvalue weighted by Gasteiger charge is -2.20. The molecule has 4 heteroatoms. The first-order chi connectivity index (χ1) is 7.67. The van der Waals surface area contributed by atoms with E-state index in [0.717, 1.165) is 25.8 Å². The quantitative estimate of drug-likeness (QED) is 0.790. The number of ketones is 1. The molecule has 1 saturated carbocycles. The molecule has 1 aliphatic carbocycles. The summed E-state index contributed by atoms with van der Waals surface area (Å²) in [4.78, 5) is 12.2. The van der Waals surface area contributed by atoms with Gasteiger partial charge in [0.25, 0.3) is 0 Å². The van der Waals surface area contributed by atoms with E-state index in [2.05, 4.69) is 5.10 Å². The largest absolute Gasteiger partial charge is 0.382 e. The van der Waals surface area contributed by atoms with Crippen LogP contribution in [0.25, 0.3) is 0 Å². The summed E-state index contributed by atoms with van der Waals surface area (Å²) in [5, 5.41) is 14.3. The number of carbonyl (C=O) groups excluding carboxylic acids is 1. The highest BCUT2D eigenvalue weighted by molar-refractivity contribution is 6.01. The number of aromatic nitrogens is 2. The monoisotopic (exact) mass is 222 g/mol. The van der Waals surface area contributed by atoms with Crippen LogP contribution in [0.3, 0.4) is 0 Å². The maximum atomic E-state index is 12.2. The zero-order valence-electron chi connectivity index (χ0n) is 9.65. The minimum absolute atomic E-state index is 0.157. The fraction of sp³-hybridized carbons (Fsp3) is 0.667. The summed E-state index contributed by atoms with van der Waals surface area (Å²) in [5.74, 6) is -0.157. The molecule has 2 rings (SSSR count). The van der Waals surface area contributed by atoms with Crippen LogP contribution in [-0.2, 0) is 6.54 Å². The van der Waals surface area contributed by atoms with Gasteiger partial charge in [-0.15, -0.1) is 0 Å². The Morgan fingerprint density at radius 3 is 2.88 bits per heavy atom. The second kappa shape index (κ2) is 4.37. The second-order valence-electron chi connectivity index (χ2n) is 4.51. The van der Waals surface area contributed by atoms with Gasteiger partial charge in [-0.3, -0.25) is 9.48 Å². The first-order valence-corrected chi connectivity index (χ1v) is 5.96. The van der Waals surface area contributed by atoms with E-state index >= 15 is 0 Å². The molecule has 0 amide bonds. The van der Waals surface area contributed by atoms with Crippen LogP contribution >= 0.6 is 0 Å². The number of nitrogens with zero attached hydrogens (tertiary/aromatic N) is 2. The van der Waals surface area contributed by atoms with E-state index in [1.54, 1.807) is 16.9 Å². The number of aliphatic hydroxyl groups is 1. The molecular formula is C12H18N2O2. The molecule has 0 aromatic carbocycles. The van der Waals surface area contributed by atoms with Gasteiger partial charge in [-0.05, 0) is 38.2 Å². The van der Waals surface area contributed by atoms with E-state index in [1.807, 2.05) is 6.92 Å². The van der Waals surface area contributed by atoms with Crippen molar-refractivity contribution in [1.29, 1.82) is 0 Å². The normalized spacial score (nSPS) is 18.9. The molecular weight excluding hydrogens is 204 g/mol. The molecule has 0 aliphatic heterocycles. The lowest BCUT2D eigenvalue weighted by atomic mass is 9.94. The van der Waals surface area contributed by atoms with Gasteiger partial charge in [-0.25, -0.2) is 0 Å². The van der Waals surface area contributed by atoms with E-state index in [4.69, 9.17) is 0 Å². The first-order valence-electron chi connectivity index (χ1n) is 5.96. The molecule has 1 aromatic heterocycles. The van der Waals surface area contributed by atoms with Crippen molar-refractivity contribution in [2.75, 3.05) is 0 Å². The third-order valence-electron chi connectivity index (χ3n) is 3.24. The molecule has 1 N–H and O–H groups in total. The van der Waals surface area contributed by atoms with Gasteiger partial charge >= 0.3 is 0 Å². The van der Waals surface area contributed by atoms with E-state index in [1.165, 1.54) is 0 Å². The van der Waals surface area contributed by atoms with Crippen molar-refractivity contribution < 1.29 is 9.90 Å². The highest BCUT2D eigenvalue weighted by atomic mass is 16.3. The summed E-state index contributed by atoms with van der Waals surface area (Å²) in [5.41, 5.74) is -0.586. The first kappa shape index (κ1) is 11.3. The highest BCUT2D eigenvalue weighted by Crippen LogP contribution is 2.32. The fourth-order valence-electron chi connectivity index (χ4n) is 2.34. The van der Waals surface area contributed by atoms with Gasteiger partial charge in [-0.1, -0.05) is 6.92 Å². The summed E-state index contributed by atoms with van der Waals surface area (Å²) < 4.78 is 1.69. The van der Waals surface area contributed by atoms with Gasteiger partial charge in [0.1, 0.15) is 11.3 Å². The molecule has 0 bridgehead atoms. The van der Waals surface area contributed by atoms with Gasteiger partial charge in [0.05, 0.1) is 0 Å². The average molecular weight is 222 g/mol. The van der Waals surface area contributed by atoms with Crippen LogP contribution in [0.15, 0.2) is 12.3 Å². The molecule has 4 nitrogen and oxygen atoms in total. The SMILES string of the molecule is CCCn1nccc1C(=O)C1(O)CCCC1. The van der Waals surface area contributed by atoms with Crippen molar-refractivity contribution >= 4 is 5.78 Å². The van der Waals surface area contributed by atoms with Crippen molar-refractivity contribution in [1.82, 2.24) is 9.78 Å². The zero-order valence-corrected chi connectivity index (χ0v) is 9.65. The smallest absolute Gasteiger partial charge is 0.212 e. The zero-order chi connectivity index (χ0) is 11.6. The fourth-order valence-corrected chi connectivity index (χ4v) is 2.34. The Kier molecular flexibility index (Phi) is 3.10. The summed E-state index contributed by atoms with van der Waals surface area (Å²) in [7, 11) is 0. The van der Waals surface area contributed by atoms with E-state index < -0.39 is 5.60 Å². The second-order valence-corrected chi connectivity index (χ2v) is 4.51. The molecule has 0 spiro atoms. The predicted octanol–water partition coefficient (Wildman–Crippen LogP) is 1.78. The topological polar surface area (TPSA) is 55.1 Å². The molecule has 0 unspecified atom stereocenters. The van der Waals surface area contributed by atoms with E-state index in [9.17, 15) is 9.90 Å². The van der Waals surface area contributed by atoms with Gasteiger partial charge in [0, 0.05) is 12.7 Å². The van der Waals surface area contributed by atoms with Gasteiger partial charge in [-0.2, -0.15) is 5.10 Å². The summed E-state index contributed by atoms with van der Waals surface area (Å²) >= 11 is 0. The molecule has 0 radical (unpaired) electrons. The maximum absolute atomic E-state index is 12.2. The third-order valence-corrected chi connectivity index (χ3v) is 3.24. The molecule has 1 aliphatic rings. The van der Waals surface area contributed by atoms with E-state index in [0.29, 0.717) is 18.5 Å². The van der Waals surface area contributed by atoms with Crippen molar-refractivity contribution in [3.63, 3.8) is 0 Å². The van der Waals surface area contributed by atoms with Crippen LogP contribution in [0.1, 0.15) is 49.5 Å².